The van der Waals surface area contributed by atoms with Gasteiger partial charge < -0.3 is 0 Å². The van der Waals surface area contributed by atoms with Crippen LogP contribution in [0.25, 0.3) is 0 Å². The largest absolute Gasteiger partial charge is 0.464 e. The standard InChI is InChI=1S/C4H4F3N3/c1-10-2-3(8-9-10)4(5,6)7/h2H,1H3/q+1. The first-order valence-electron chi connectivity index (χ1n) is 2.43. The van der Waals surface area contributed by atoms with E-state index in [1.807, 2.05) is 0 Å². The third-order valence-electron chi connectivity index (χ3n) is 0.893. The molecule has 0 saturated carbocycles. The zero-order chi connectivity index (χ0) is 7.78. The van der Waals surface area contributed by atoms with Gasteiger partial charge >= 0.3 is 11.9 Å². The number of rotatable bonds is 0. The van der Waals surface area contributed by atoms with Gasteiger partial charge in [-0.25, -0.2) is 0 Å². The lowest BCUT2D eigenvalue weighted by atomic mass is 10.5. The monoisotopic (exact) mass is 151 g/mol. The molecule has 0 N–H and O–H groups in total. The van der Waals surface area contributed by atoms with E-state index in [0.717, 1.165) is 11.2 Å². The molecule has 1 rings (SSSR count). The Balaban J connectivity index is 2.78. The number of allylic oxidation sites excluding steroid dienone is 1. The van der Waals surface area contributed by atoms with Crippen molar-refractivity contribution >= 4 is 0 Å². The van der Waals surface area contributed by atoms with E-state index >= 15 is 0 Å². The number of hydrogen-bond acceptors (Lipinski definition) is 3. The first-order chi connectivity index (χ1) is 4.50. The highest BCUT2D eigenvalue weighted by atomic mass is 19.4. The first kappa shape index (κ1) is 7.04. The van der Waals surface area contributed by atoms with Crippen molar-refractivity contribution in [3.05, 3.63) is 11.9 Å². The van der Waals surface area contributed by atoms with E-state index in [-0.39, 0.29) is 0 Å². The highest BCUT2D eigenvalue weighted by Crippen LogP contribution is 2.25. The van der Waals surface area contributed by atoms with Gasteiger partial charge in [-0.15, -0.1) is 5.01 Å². The average Bonchev–Trinajstić information content (AvgIpc) is 2.11. The van der Waals surface area contributed by atoms with Gasteiger partial charge in [-0.2, -0.15) is 13.2 Å². The van der Waals surface area contributed by atoms with Crippen LogP contribution in [0.3, 0.4) is 0 Å². The zero-order valence-electron chi connectivity index (χ0n) is 5.05. The van der Waals surface area contributed by atoms with E-state index < -0.39 is 11.9 Å². The molecule has 1 heterocycles. The highest BCUT2D eigenvalue weighted by molar-refractivity contribution is 5.04. The number of alkyl halides is 3. The zero-order valence-corrected chi connectivity index (χ0v) is 5.05. The van der Waals surface area contributed by atoms with Gasteiger partial charge in [0.25, 0.3) is 0 Å². The summed E-state index contributed by atoms with van der Waals surface area (Å²) in [6, 6.07) is 0. The van der Waals surface area contributed by atoms with Crippen LogP contribution in [0.1, 0.15) is 0 Å². The van der Waals surface area contributed by atoms with E-state index in [1.54, 1.807) is 0 Å². The van der Waals surface area contributed by atoms with Crippen molar-refractivity contribution in [1.82, 2.24) is 10.1 Å². The molecule has 10 heavy (non-hydrogen) atoms. The van der Waals surface area contributed by atoms with Crippen molar-refractivity contribution in [2.24, 2.45) is 5.22 Å². The fourth-order valence-corrected chi connectivity index (χ4v) is 0.477. The Bertz CT molecular complexity index is 192. The average molecular weight is 151 g/mol. The molecule has 1 aliphatic rings. The fraction of sp³-hybridized carbons (Fsp3) is 0.500. The molecule has 6 heteroatoms. The Hall–Kier alpha value is -1.07. The number of nitrogens with zero attached hydrogens (tertiary/aromatic N) is 3. The first-order valence-corrected chi connectivity index (χ1v) is 2.43. The van der Waals surface area contributed by atoms with Crippen LogP contribution in [0.15, 0.2) is 17.1 Å². The fourth-order valence-electron chi connectivity index (χ4n) is 0.477. The van der Waals surface area contributed by atoms with Crippen molar-refractivity contribution in [2.45, 2.75) is 6.18 Å². The summed E-state index contributed by atoms with van der Waals surface area (Å²) in [7, 11) is 1.38. The summed E-state index contributed by atoms with van der Waals surface area (Å²) in [5.74, 6) is 0. The van der Waals surface area contributed by atoms with E-state index in [2.05, 4.69) is 10.3 Å². The molecule has 0 aromatic carbocycles. The molecule has 0 unspecified atom stereocenters. The minimum absolute atomic E-state index is 0.819. The summed E-state index contributed by atoms with van der Waals surface area (Å²) in [6.07, 6.45) is -3.56. The molecule has 0 aromatic rings. The maximum Gasteiger partial charge on any atom is 0.464 e. The normalized spacial score (nSPS) is 18.0. The van der Waals surface area contributed by atoms with Crippen LogP contribution in [0.2, 0.25) is 0 Å². The summed E-state index contributed by atoms with van der Waals surface area (Å²) in [5.41, 5.74) is -0.963. The molecule has 0 bridgehead atoms. The predicted molar refractivity (Wildman–Crippen MR) is 26.5 cm³/mol. The van der Waals surface area contributed by atoms with Gasteiger partial charge in [0.05, 0.1) is 5.11 Å². The summed E-state index contributed by atoms with van der Waals surface area (Å²) in [5, 5.41) is 7.01. The molecule has 1 aliphatic heterocycles. The Morgan fingerprint density at radius 2 is 2.20 bits per heavy atom. The second-order valence-electron chi connectivity index (χ2n) is 1.78. The van der Waals surface area contributed by atoms with Crippen molar-refractivity contribution in [1.29, 1.82) is 0 Å². The predicted octanol–water partition coefficient (Wildman–Crippen LogP) is 1.04. The van der Waals surface area contributed by atoms with Gasteiger partial charge in [0.2, 0.25) is 0 Å². The topological polar surface area (TPSA) is 29.7 Å². The molecular formula is C4H4F3N3+. The van der Waals surface area contributed by atoms with Crippen LogP contribution in [0.5, 0.6) is 0 Å². The Labute approximate surface area is 54.8 Å². The van der Waals surface area contributed by atoms with Gasteiger partial charge in [0.1, 0.15) is 12.3 Å². The lowest BCUT2D eigenvalue weighted by Gasteiger charge is -1.94. The summed E-state index contributed by atoms with van der Waals surface area (Å²) >= 11 is 0. The van der Waals surface area contributed by atoms with Crippen molar-refractivity contribution in [3.63, 3.8) is 0 Å². The minimum atomic E-state index is -4.38. The van der Waals surface area contributed by atoms with Gasteiger partial charge in [-0.05, 0) is 0 Å². The van der Waals surface area contributed by atoms with Crippen LogP contribution < -0.4 is 5.11 Å². The third-order valence-corrected chi connectivity index (χ3v) is 0.893. The molecular weight excluding hydrogens is 147 g/mol. The molecule has 0 amide bonds. The SMILES string of the molecule is CN1C=C(C(F)(F)F)[N+]=N1. The van der Waals surface area contributed by atoms with Gasteiger partial charge in [-0.3, -0.25) is 0 Å². The summed E-state index contributed by atoms with van der Waals surface area (Å²) in [6.45, 7) is 0. The van der Waals surface area contributed by atoms with Crippen molar-refractivity contribution in [3.8, 4) is 0 Å². The minimum Gasteiger partial charge on any atom is -0.162 e. The van der Waals surface area contributed by atoms with E-state index in [1.165, 1.54) is 7.05 Å². The molecule has 55 valence electrons. The van der Waals surface area contributed by atoms with Gasteiger partial charge in [0.15, 0.2) is 6.20 Å². The van der Waals surface area contributed by atoms with Crippen LogP contribution in [-0.4, -0.2) is 18.2 Å². The maximum absolute atomic E-state index is 11.7. The third kappa shape index (κ3) is 1.26. The van der Waals surface area contributed by atoms with Crippen LogP contribution in [0.4, 0.5) is 13.2 Å². The Morgan fingerprint density at radius 1 is 1.60 bits per heavy atom. The smallest absolute Gasteiger partial charge is 0.162 e. The quantitative estimate of drug-likeness (QED) is 0.508. The van der Waals surface area contributed by atoms with E-state index in [4.69, 9.17) is 0 Å². The summed E-state index contributed by atoms with van der Waals surface area (Å²) < 4.78 is 35.1. The molecule has 1 radical (unpaired) electrons. The van der Waals surface area contributed by atoms with Gasteiger partial charge in [0, 0.05) is 0 Å². The molecule has 0 saturated heterocycles. The second-order valence-corrected chi connectivity index (χ2v) is 1.78. The van der Waals surface area contributed by atoms with Crippen molar-refractivity contribution in [2.75, 3.05) is 7.05 Å². The lowest BCUT2D eigenvalue weighted by Crippen LogP contribution is -2.13. The van der Waals surface area contributed by atoms with Gasteiger partial charge in [-0.1, -0.05) is 0 Å². The highest BCUT2D eigenvalue weighted by Gasteiger charge is 2.43. The Morgan fingerprint density at radius 3 is 2.40 bits per heavy atom. The molecule has 0 fully saturated rings. The summed E-state index contributed by atoms with van der Waals surface area (Å²) in [4.78, 5) is 0. The molecule has 0 aromatic heterocycles. The lowest BCUT2D eigenvalue weighted by molar-refractivity contribution is -0.0946. The molecule has 3 nitrogen and oxygen atoms in total. The van der Waals surface area contributed by atoms with Crippen LogP contribution in [-0.2, 0) is 0 Å². The Kier molecular flexibility index (Phi) is 1.38. The van der Waals surface area contributed by atoms with E-state index in [9.17, 15) is 13.2 Å². The molecule has 0 atom stereocenters. The molecule has 0 aliphatic carbocycles. The van der Waals surface area contributed by atoms with Crippen LogP contribution in [0, 0.1) is 0 Å². The van der Waals surface area contributed by atoms with Crippen molar-refractivity contribution < 1.29 is 13.2 Å². The van der Waals surface area contributed by atoms with Crippen LogP contribution >= 0.6 is 0 Å². The number of halogens is 3. The molecule has 0 spiro atoms. The number of hydrogen-bond donors (Lipinski definition) is 0. The maximum atomic E-state index is 11.7. The second kappa shape index (κ2) is 1.96. The van der Waals surface area contributed by atoms with E-state index in [0.29, 0.717) is 0 Å².